The van der Waals surface area contributed by atoms with E-state index in [0.717, 1.165) is 94.9 Å². The van der Waals surface area contributed by atoms with Crippen molar-refractivity contribution in [2.75, 3.05) is 31.1 Å². The highest BCUT2D eigenvalue weighted by molar-refractivity contribution is 5.76. The van der Waals surface area contributed by atoms with Crippen LogP contribution in [-0.2, 0) is 17.6 Å². The fourth-order valence-corrected chi connectivity index (χ4v) is 4.98. The Morgan fingerprint density at radius 2 is 1.86 bits per heavy atom. The van der Waals surface area contributed by atoms with E-state index in [1.807, 2.05) is 18.2 Å². The highest BCUT2D eigenvalue weighted by Gasteiger charge is 2.29. The van der Waals surface area contributed by atoms with E-state index in [2.05, 4.69) is 14.8 Å². The van der Waals surface area contributed by atoms with Crippen molar-refractivity contribution in [2.24, 2.45) is 5.92 Å². The fraction of sp³-hybridized carbons (Fsp3) is 0.565. The smallest absolute Gasteiger partial charge is 0.222 e. The number of pyridine rings is 1. The second kappa shape index (κ2) is 8.09. The number of hydrogen-bond donors (Lipinski definition) is 0. The minimum atomic E-state index is 0.354. The normalized spacial score (nSPS) is 20.2. The molecule has 2 fully saturated rings. The third-order valence-electron chi connectivity index (χ3n) is 6.62. The minimum absolute atomic E-state index is 0.354. The number of hydrogen-bond acceptors (Lipinski definition) is 5. The average Bonchev–Trinajstić information content (AvgIpc) is 3.25. The molecule has 6 heteroatoms. The number of anilines is 1. The van der Waals surface area contributed by atoms with Gasteiger partial charge < -0.3 is 9.80 Å². The SMILES string of the molecule is O=C1CCCCN1CC1CCN(c2nc(-c3ccccn3)nc3c2CCC3)CC1. The topological polar surface area (TPSA) is 62.2 Å². The molecule has 0 atom stereocenters. The molecule has 4 heterocycles. The first-order valence-corrected chi connectivity index (χ1v) is 11.1. The molecular formula is C23H29N5O. The summed E-state index contributed by atoms with van der Waals surface area (Å²) in [5.74, 6) is 2.84. The number of amides is 1. The number of rotatable bonds is 4. The molecule has 0 unspecified atom stereocenters. The molecule has 1 aliphatic carbocycles. The first-order valence-electron chi connectivity index (χ1n) is 11.1. The largest absolute Gasteiger partial charge is 0.356 e. The summed E-state index contributed by atoms with van der Waals surface area (Å²) in [6, 6.07) is 5.91. The Morgan fingerprint density at radius 1 is 0.966 bits per heavy atom. The van der Waals surface area contributed by atoms with Crippen LogP contribution >= 0.6 is 0 Å². The van der Waals surface area contributed by atoms with Gasteiger partial charge in [-0.2, -0.15) is 0 Å². The van der Waals surface area contributed by atoms with E-state index in [1.165, 1.54) is 11.3 Å². The van der Waals surface area contributed by atoms with Gasteiger partial charge in [0.25, 0.3) is 0 Å². The molecule has 3 aliphatic rings. The first kappa shape index (κ1) is 18.5. The van der Waals surface area contributed by atoms with Crippen molar-refractivity contribution in [3.05, 3.63) is 35.7 Å². The summed E-state index contributed by atoms with van der Waals surface area (Å²) in [5.41, 5.74) is 3.40. The highest BCUT2D eigenvalue weighted by Crippen LogP contribution is 2.33. The Morgan fingerprint density at radius 3 is 2.66 bits per heavy atom. The van der Waals surface area contributed by atoms with Gasteiger partial charge in [-0.3, -0.25) is 9.78 Å². The molecule has 0 spiro atoms. The number of aromatic nitrogens is 3. The first-order chi connectivity index (χ1) is 14.3. The average molecular weight is 392 g/mol. The van der Waals surface area contributed by atoms with Gasteiger partial charge >= 0.3 is 0 Å². The molecule has 2 aromatic rings. The van der Waals surface area contributed by atoms with Crippen molar-refractivity contribution in [3.8, 4) is 11.5 Å². The van der Waals surface area contributed by atoms with E-state index < -0.39 is 0 Å². The molecule has 0 N–H and O–H groups in total. The van der Waals surface area contributed by atoms with Crippen LogP contribution in [0.3, 0.4) is 0 Å². The number of aryl methyl sites for hydroxylation is 1. The molecule has 5 rings (SSSR count). The number of carbonyl (C=O) groups is 1. The van der Waals surface area contributed by atoms with Crippen molar-refractivity contribution in [2.45, 2.75) is 51.4 Å². The van der Waals surface area contributed by atoms with Crippen LogP contribution in [0, 0.1) is 5.92 Å². The molecule has 0 radical (unpaired) electrons. The van der Waals surface area contributed by atoms with Gasteiger partial charge in [0, 0.05) is 50.1 Å². The predicted octanol–water partition coefficient (Wildman–Crippen LogP) is 3.26. The lowest BCUT2D eigenvalue weighted by atomic mass is 9.95. The van der Waals surface area contributed by atoms with Crippen LogP contribution in [0.25, 0.3) is 11.5 Å². The summed E-state index contributed by atoms with van der Waals surface area (Å²) in [4.78, 5) is 31.0. The molecule has 6 nitrogen and oxygen atoms in total. The van der Waals surface area contributed by atoms with Gasteiger partial charge in [-0.1, -0.05) is 6.07 Å². The molecular weight excluding hydrogens is 362 g/mol. The molecule has 152 valence electrons. The molecule has 0 saturated carbocycles. The monoisotopic (exact) mass is 391 g/mol. The van der Waals surface area contributed by atoms with Gasteiger partial charge in [-0.15, -0.1) is 0 Å². The maximum atomic E-state index is 12.1. The van der Waals surface area contributed by atoms with Gasteiger partial charge in [0.15, 0.2) is 5.82 Å². The quantitative estimate of drug-likeness (QED) is 0.801. The van der Waals surface area contributed by atoms with E-state index in [-0.39, 0.29) is 0 Å². The number of nitrogens with zero attached hydrogens (tertiary/aromatic N) is 5. The third-order valence-corrected chi connectivity index (χ3v) is 6.62. The second-order valence-electron chi connectivity index (χ2n) is 8.59. The molecule has 0 aromatic carbocycles. The van der Waals surface area contributed by atoms with Crippen molar-refractivity contribution in [1.29, 1.82) is 0 Å². The Hall–Kier alpha value is -2.50. The van der Waals surface area contributed by atoms with Crippen LogP contribution in [-0.4, -0.2) is 51.9 Å². The summed E-state index contributed by atoms with van der Waals surface area (Å²) in [7, 11) is 0. The summed E-state index contributed by atoms with van der Waals surface area (Å²) in [6.45, 7) is 3.91. The number of piperidine rings is 2. The molecule has 0 bridgehead atoms. The van der Waals surface area contributed by atoms with Gasteiger partial charge in [0.2, 0.25) is 5.91 Å². The van der Waals surface area contributed by atoms with Crippen LogP contribution in [0.1, 0.15) is 49.8 Å². The van der Waals surface area contributed by atoms with Gasteiger partial charge in [-0.25, -0.2) is 9.97 Å². The van der Waals surface area contributed by atoms with Gasteiger partial charge in [0.05, 0.1) is 0 Å². The van der Waals surface area contributed by atoms with Crippen LogP contribution in [0.2, 0.25) is 0 Å². The van der Waals surface area contributed by atoms with Crippen molar-refractivity contribution in [1.82, 2.24) is 19.9 Å². The lowest BCUT2D eigenvalue weighted by Crippen LogP contribution is -2.43. The van der Waals surface area contributed by atoms with E-state index in [9.17, 15) is 4.79 Å². The number of likely N-dealkylation sites (tertiary alicyclic amines) is 1. The number of carbonyl (C=O) groups excluding carboxylic acids is 1. The summed E-state index contributed by atoms with van der Waals surface area (Å²) in [6.07, 6.45) is 10.3. The maximum Gasteiger partial charge on any atom is 0.222 e. The lowest BCUT2D eigenvalue weighted by molar-refractivity contribution is -0.134. The summed E-state index contributed by atoms with van der Waals surface area (Å²) in [5, 5.41) is 0. The zero-order chi connectivity index (χ0) is 19.6. The lowest BCUT2D eigenvalue weighted by Gasteiger charge is -2.37. The number of fused-ring (bicyclic) bond motifs is 1. The van der Waals surface area contributed by atoms with Gasteiger partial charge in [-0.05, 0) is 63.0 Å². The van der Waals surface area contributed by atoms with E-state index in [1.54, 1.807) is 6.20 Å². The molecule has 2 aromatic heterocycles. The van der Waals surface area contributed by atoms with Crippen molar-refractivity contribution < 1.29 is 4.79 Å². The standard InChI is InChI=1S/C23H29N5O/c29-21-9-2-4-13-28(21)16-17-10-14-27(15-11-17)23-18-6-5-8-19(18)25-22(26-23)20-7-1-3-12-24-20/h1,3,7,12,17H,2,4-6,8-11,13-16H2. The van der Waals surface area contributed by atoms with Crippen molar-refractivity contribution in [3.63, 3.8) is 0 Å². The molecule has 2 aliphatic heterocycles. The Balaban J connectivity index is 1.31. The molecule has 29 heavy (non-hydrogen) atoms. The Kier molecular flexibility index (Phi) is 5.17. The summed E-state index contributed by atoms with van der Waals surface area (Å²) >= 11 is 0. The van der Waals surface area contributed by atoms with E-state index in [4.69, 9.17) is 9.97 Å². The highest BCUT2D eigenvalue weighted by atomic mass is 16.2. The van der Waals surface area contributed by atoms with E-state index in [0.29, 0.717) is 11.8 Å². The van der Waals surface area contributed by atoms with E-state index >= 15 is 0 Å². The maximum absolute atomic E-state index is 12.1. The molecule has 2 saturated heterocycles. The van der Waals surface area contributed by atoms with Crippen molar-refractivity contribution >= 4 is 11.7 Å². The molecule has 1 amide bonds. The minimum Gasteiger partial charge on any atom is -0.356 e. The van der Waals surface area contributed by atoms with Crippen LogP contribution in [0.5, 0.6) is 0 Å². The Bertz CT molecular complexity index is 876. The van der Waals surface area contributed by atoms with Gasteiger partial charge in [0.1, 0.15) is 11.5 Å². The second-order valence-corrected chi connectivity index (χ2v) is 8.59. The third kappa shape index (κ3) is 3.85. The van der Waals surface area contributed by atoms with Crippen LogP contribution < -0.4 is 4.90 Å². The Labute approximate surface area is 172 Å². The van der Waals surface area contributed by atoms with Crippen LogP contribution in [0.15, 0.2) is 24.4 Å². The van der Waals surface area contributed by atoms with Crippen LogP contribution in [0.4, 0.5) is 5.82 Å². The predicted molar refractivity (Wildman–Crippen MR) is 113 cm³/mol. The summed E-state index contributed by atoms with van der Waals surface area (Å²) < 4.78 is 0. The fourth-order valence-electron chi connectivity index (χ4n) is 4.98. The zero-order valence-corrected chi connectivity index (χ0v) is 17.0. The zero-order valence-electron chi connectivity index (χ0n) is 17.0.